The van der Waals surface area contributed by atoms with E-state index in [-0.39, 0.29) is 18.8 Å². The summed E-state index contributed by atoms with van der Waals surface area (Å²) in [6.45, 7) is -0.106. The summed E-state index contributed by atoms with van der Waals surface area (Å²) in [4.78, 5) is 11.2. The Labute approximate surface area is 77.0 Å². The number of aliphatic hydroxyl groups is 1. The van der Waals surface area contributed by atoms with Crippen LogP contribution in [-0.4, -0.2) is 24.6 Å². The Hall–Kier alpha value is -1.35. The number of rotatable bonds is 4. The first-order valence-corrected chi connectivity index (χ1v) is 4.06. The number of ketones is 1. The molecule has 1 aromatic carbocycles. The van der Waals surface area contributed by atoms with E-state index in [1.165, 1.54) is 0 Å². The largest absolute Gasteiger partial charge is 0.497 e. The topological polar surface area (TPSA) is 46.5 Å². The maximum Gasteiger partial charge on any atom is 0.165 e. The fraction of sp³-hybridized carbons (Fsp3) is 0.300. The number of benzene rings is 1. The monoisotopic (exact) mass is 180 g/mol. The van der Waals surface area contributed by atoms with Crippen LogP contribution < -0.4 is 4.74 Å². The highest BCUT2D eigenvalue weighted by Gasteiger charge is 2.03. The molecule has 0 aliphatic heterocycles. The van der Waals surface area contributed by atoms with Crippen LogP contribution in [0.15, 0.2) is 24.3 Å². The molecule has 1 aromatic rings. The van der Waals surface area contributed by atoms with Gasteiger partial charge in [-0.3, -0.25) is 4.79 Å². The summed E-state index contributed by atoms with van der Waals surface area (Å²) < 4.78 is 4.95. The van der Waals surface area contributed by atoms with Crippen molar-refractivity contribution >= 4 is 5.78 Å². The van der Waals surface area contributed by atoms with Crippen molar-refractivity contribution in [3.05, 3.63) is 29.8 Å². The van der Waals surface area contributed by atoms with Crippen molar-refractivity contribution in [2.24, 2.45) is 0 Å². The molecule has 0 radical (unpaired) electrons. The van der Waals surface area contributed by atoms with Crippen molar-refractivity contribution in [1.29, 1.82) is 0 Å². The molecule has 70 valence electrons. The van der Waals surface area contributed by atoms with Crippen LogP contribution in [0.25, 0.3) is 0 Å². The Morgan fingerprint density at radius 3 is 2.46 bits per heavy atom. The quantitative estimate of drug-likeness (QED) is 0.709. The zero-order valence-electron chi connectivity index (χ0n) is 7.49. The Balaban J connectivity index is 2.74. The normalized spacial score (nSPS) is 9.69. The molecular weight excluding hydrogens is 168 g/mol. The standard InChI is InChI=1S/C10H12O3/c1-13-9-4-2-8(3-5-9)10(12)6-7-11/h2-5,11H,6-7H2,1H3. The van der Waals surface area contributed by atoms with E-state index in [1.54, 1.807) is 31.4 Å². The Kier molecular flexibility index (Phi) is 3.46. The number of ether oxygens (including phenoxy) is 1. The van der Waals surface area contributed by atoms with Gasteiger partial charge in [0, 0.05) is 12.0 Å². The average molecular weight is 180 g/mol. The molecule has 0 aliphatic carbocycles. The van der Waals surface area contributed by atoms with Gasteiger partial charge in [0.25, 0.3) is 0 Å². The highest BCUT2D eigenvalue weighted by molar-refractivity contribution is 5.96. The van der Waals surface area contributed by atoms with E-state index in [4.69, 9.17) is 9.84 Å². The molecule has 0 unspecified atom stereocenters. The molecule has 0 fully saturated rings. The van der Waals surface area contributed by atoms with E-state index >= 15 is 0 Å². The Morgan fingerprint density at radius 2 is 2.00 bits per heavy atom. The number of hydrogen-bond acceptors (Lipinski definition) is 3. The molecular formula is C10H12O3. The van der Waals surface area contributed by atoms with Gasteiger partial charge in [-0.2, -0.15) is 0 Å². The van der Waals surface area contributed by atoms with Crippen LogP contribution in [-0.2, 0) is 0 Å². The van der Waals surface area contributed by atoms with Gasteiger partial charge in [0.2, 0.25) is 0 Å². The van der Waals surface area contributed by atoms with Gasteiger partial charge in [0.1, 0.15) is 5.75 Å². The third-order valence-electron chi connectivity index (χ3n) is 1.75. The smallest absolute Gasteiger partial charge is 0.165 e. The molecule has 0 aliphatic rings. The molecule has 13 heavy (non-hydrogen) atoms. The minimum atomic E-state index is -0.106. The lowest BCUT2D eigenvalue weighted by Crippen LogP contribution is -2.01. The molecule has 1 N–H and O–H groups in total. The number of hydrogen-bond donors (Lipinski definition) is 1. The molecule has 0 aromatic heterocycles. The Bertz CT molecular complexity index is 277. The van der Waals surface area contributed by atoms with E-state index < -0.39 is 0 Å². The lowest BCUT2D eigenvalue weighted by Gasteiger charge is -2.01. The second-order valence-electron chi connectivity index (χ2n) is 2.63. The molecule has 1 rings (SSSR count). The molecule has 0 bridgehead atoms. The molecule has 0 saturated carbocycles. The predicted molar refractivity (Wildman–Crippen MR) is 49.0 cm³/mol. The third-order valence-corrected chi connectivity index (χ3v) is 1.75. The molecule has 3 heteroatoms. The average Bonchev–Trinajstić information content (AvgIpc) is 2.18. The van der Waals surface area contributed by atoms with Crippen LogP contribution in [0.1, 0.15) is 16.8 Å². The van der Waals surface area contributed by atoms with E-state index in [9.17, 15) is 4.79 Å². The van der Waals surface area contributed by atoms with E-state index in [2.05, 4.69) is 0 Å². The van der Waals surface area contributed by atoms with Gasteiger partial charge in [-0.25, -0.2) is 0 Å². The predicted octanol–water partition coefficient (Wildman–Crippen LogP) is 1.26. The molecule has 0 saturated heterocycles. The van der Waals surface area contributed by atoms with Crippen LogP contribution in [0.3, 0.4) is 0 Å². The summed E-state index contributed by atoms with van der Waals surface area (Å²) in [5.74, 6) is 0.672. The van der Waals surface area contributed by atoms with Crippen molar-refractivity contribution in [3.63, 3.8) is 0 Å². The zero-order chi connectivity index (χ0) is 9.68. The van der Waals surface area contributed by atoms with Gasteiger partial charge in [0.05, 0.1) is 13.7 Å². The van der Waals surface area contributed by atoms with Crippen LogP contribution in [0, 0.1) is 0 Å². The third kappa shape index (κ3) is 2.56. The molecule has 3 nitrogen and oxygen atoms in total. The van der Waals surface area contributed by atoms with Gasteiger partial charge < -0.3 is 9.84 Å². The van der Waals surface area contributed by atoms with Gasteiger partial charge >= 0.3 is 0 Å². The first-order valence-electron chi connectivity index (χ1n) is 4.06. The summed E-state index contributed by atoms with van der Waals surface area (Å²) in [6, 6.07) is 6.84. The van der Waals surface area contributed by atoms with Gasteiger partial charge in [-0.1, -0.05) is 0 Å². The number of carbonyl (C=O) groups is 1. The zero-order valence-corrected chi connectivity index (χ0v) is 7.49. The number of carbonyl (C=O) groups excluding carboxylic acids is 1. The van der Waals surface area contributed by atoms with Crippen molar-refractivity contribution in [2.75, 3.05) is 13.7 Å². The molecule has 0 heterocycles. The summed E-state index contributed by atoms with van der Waals surface area (Å²) >= 11 is 0. The van der Waals surface area contributed by atoms with E-state index in [0.29, 0.717) is 5.56 Å². The van der Waals surface area contributed by atoms with E-state index in [1.807, 2.05) is 0 Å². The fourth-order valence-corrected chi connectivity index (χ4v) is 1.02. The van der Waals surface area contributed by atoms with Gasteiger partial charge in [0.15, 0.2) is 5.78 Å². The fourth-order valence-electron chi connectivity index (χ4n) is 1.02. The molecule has 0 spiro atoms. The lowest BCUT2D eigenvalue weighted by atomic mass is 10.1. The highest BCUT2D eigenvalue weighted by atomic mass is 16.5. The van der Waals surface area contributed by atoms with Crippen molar-refractivity contribution in [1.82, 2.24) is 0 Å². The van der Waals surface area contributed by atoms with Crippen LogP contribution >= 0.6 is 0 Å². The summed E-state index contributed by atoms with van der Waals surface area (Å²) in [5.41, 5.74) is 0.606. The Morgan fingerprint density at radius 1 is 1.38 bits per heavy atom. The van der Waals surface area contributed by atoms with Crippen LogP contribution in [0.5, 0.6) is 5.75 Å². The summed E-state index contributed by atoms with van der Waals surface area (Å²) in [5, 5.41) is 8.55. The van der Waals surface area contributed by atoms with Gasteiger partial charge in [-0.15, -0.1) is 0 Å². The highest BCUT2D eigenvalue weighted by Crippen LogP contribution is 2.12. The minimum absolute atomic E-state index is 0.0508. The number of Topliss-reactive ketones (excluding diaryl/α,β-unsaturated/α-hetero) is 1. The van der Waals surface area contributed by atoms with E-state index in [0.717, 1.165) is 5.75 Å². The second kappa shape index (κ2) is 4.62. The number of methoxy groups -OCH3 is 1. The van der Waals surface area contributed by atoms with Crippen molar-refractivity contribution in [2.45, 2.75) is 6.42 Å². The van der Waals surface area contributed by atoms with Gasteiger partial charge in [-0.05, 0) is 24.3 Å². The molecule has 0 amide bonds. The number of aliphatic hydroxyl groups excluding tert-OH is 1. The van der Waals surface area contributed by atoms with Crippen molar-refractivity contribution in [3.8, 4) is 5.75 Å². The SMILES string of the molecule is COc1ccc(C(=O)CCO)cc1. The molecule has 0 atom stereocenters. The first-order chi connectivity index (χ1) is 6.27. The van der Waals surface area contributed by atoms with Crippen LogP contribution in [0.4, 0.5) is 0 Å². The second-order valence-corrected chi connectivity index (χ2v) is 2.63. The maximum atomic E-state index is 11.2. The summed E-state index contributed by atoms with van der Waals surface area (Å²) in [6.07, 6.45) is 0.173. The van der Waals surface area contributed by atoms with Crippen LogP contribution in [0.2, 0.25) is 0 Å². The first kappa shape index (κ1) is 9.74. The lowest BCUT2D eigenvalue weighted by molar-refractivity contribution is 0.0956. The van der Waals surface area contributed by atoms with Crippen molar-refractivity contribution < 1.29 is 14.6 Å². The minimum Gasteiger partial charge on any atom is -0.497 e. The summed E-state index contributed by atoms with van der Waals surface area (Å²) in [7, 11) is 1.57. The maximum absolute atomic E-state index is 11.2.